The number of halogens is 1. The maximum Gasteiger partial charge on any atom is 0.257 e. The zero-order valence-electron chi connectivity index (χ0n) is 12.7. The van der Waals surface area contributed by atoms with E-state index in [1.165, 1.54) is 12.1 Å². The predicted octanol–water partition coefficient (Wildman–Crippen LogP) is 4.40. The molecule has 1 aromatic rings. The fraction of sp³-hybridized carbons (Fsp3) is 0.562. The number of amides is 1. The maximum absolute atomic E-state index is 13.9. The van der Waals surface area contributed by atoms with E-state index in [-0.39, 0.29) is 17.5 Å². The van der Waals surface area contributed by atoms with Gasteiger partial charge in [0.1, 0.15) is 5.82 Å². The van der Waals surface area contributed by atoms with Crippen LogP contribution in [0, 0.1) is 11.7 Å². The second-order valence-electron chi connectivity index (χ2n) is 5.49. The first-order valence-electron chi connectivity index (χ1n) is 7.20. The number of hydrogen-bond donors (Lipinski definition) is 1. The van der Waals surface area contributed by atoms with E-state index in [0.717, 1.165) is 12.8 Å². The molecule has 0 fully saturated rings. The second kappa shape index (κ2) is 7.67. The summed E-state index contributed by atoms with van der Waals surface area (Å²) in [6.45, 7) is 8.88. The van der Waals surface area contributed by atoms with Gasteiger partial charge in [0.05, 0.1) is 5.56 Å². The third-order valence-corrected chi connectivity index (χ3v) is 3.66. The molecule has 0 unspecified atom stereocenters. The van der Waals surface area contributed by atoms with Crippen molar-refractivity contribution in [3.8, 4) is 0 Å². The average Bonchev–Trinajstić information content (AvgIpc) is 2.40. The van der Waals surface area contributed by atoms with E-state index in [4.69, 9.17) is 0 Å². The Bertz CT molecular complexity index is 458. The van der Waals surface area contributed by atoms with Gasteiger partial charge >= 0.3 is 0 Å². The van der Waals surface area contributed by atoms with Gasteiger partial charge in [-0.3, -0.25) is 4.79 Å². The fourth-order valence-electron chi connectivity index (χ4n) is 2.35. The Morgan fingerprint density at radius 2 is 1.90 bits per heavy atom. The first-order chi connectivity index (χ1) is 9.40. The predicted molar refractivity (Wildman–Crippen MR) is 83.9 cm³/mol. The molecule has 0 aliphatic heterocycles. The van der Waals surface area contributed by atoms with Gasteiger partial charge in [0, 0.05) is 17.5 Å². The number of nitrogens with zero attached hydrogens (tertiary/aromatic N) is 1. The van der Waals surface area contributed by atoms with Crippen molar-refractivity contribution in [2.75, 3.05) is 6.54 Å². The van der Waals surface area contributed by atoms with Gasteiger partial charge in [-0.25, -0.2) is 4.39 Å². The Hall–Kier alpha value is -1.03. The SMILES string of the molecule is CCC(CC)N(CC(C)C)C(=O)c1cc(S)ccc1F. The molecule has 2 nitrogen and oxygen atoms in total. The minimum atomic E-state index is -0.479. The van der Waals surface area contributed by atoms with E-state index < -0.39 is 5.82 Å². The molecule has 0 radical (unpaired) electrons. The van der Waals surface area contributed by atoms with Crippen LogP contribution in [-0.2, 0) is 0 Å². The highest BCUT2D eigenvalue weighted by Gasteiger charge is 2.25. The van der Waals surface area contributed by atoms with Gasteiger partial charge in [0.15, 0.2) is 0 Å². The van der Waals surface area contributed by atoms with Crippen LogP contribution in [0.4, 0.5) is 4.39 Å². The summed E-state index contributed by atoms with van der Waals surface area (Å²) in [4.78, 5) is 15.1. The lowest BCUT2D eigenvalue weighted by Gasteiger charge is -2.32. The van der Waals surface area contributed by atoms with E-state index in [1.807, 2.05) is 0 Å². The van der Waals surface area contributed by atoms with E-state index in [9.17, 15) is 9.18 Å². The van der Waals surface area contributed by atoms with Crippen molar-refractivity contribution >= 4 is 18.5 Å². The van der Waals surface area contributed by atoms with Crippen molar-refractivity contribution in [3.05, 3.63) is 29.6 Å². The van der Waals surface area contributed by atoms with Gasteiger partial charge in [-0.05, 0) is 37.0 Å². The summed E-state index contributed by atoms with van der Waals surface area (Å²) in [6, 6.07) is 4.51. The zero-order chi connectivity index (χ0) is 15.3. The van der Waals surface area contributed by atoms with Crippen molar-refractivity contribution in [2.45, 2.75) is 51.5 Å². The van der Waals surface area contributed by atoms with E-state index in [1.54, 1.807) is 11.0 Å². The lowest BCUT2D eigenvalue weighted by molar-refractivity contribution is 0.0635. The Morgan fingerprint density at radius 3 is 2.40 bits per heavy atom. The van der Waals surface area contributed by atoms with Crippen LogP contribution < -0.4 is 0 Å². The molecular formula is C16H24FNOS. The number of carbonyl (C=O) groups is 1. The van der Waals surface area contributed by atoms with Crippen molar-refractivity contribution in [1.82, 2.24) is 4.90 Å². The lowest BCUT2D eigenvalue weighted by atomic mass is 10.0. The molecule has 112 valence electrons. The first-order valence-corrected chi connectivity index (χ1v) is 7.64. The molecular weight excluding hydrogens is 273 g/mol. The normalized spacial score (nSPS) is 11.2. The number of thiol groups is 1. The highest BCUT2D eigenvalue weighted by atomic mass is 32.1. The Kier molecular flexibility index (Phi) is 6.53. The summed E-state index contributed by atoms with van der Waals surface area (Å²) < 4.78 is 13.9. The third-order valence-electron chi connectivity index (χ3n) is 3.39. The summed E-state index contributed by atoms with van der Waals surface area (Å²) in [7, 11) is 0. The highest BCUT2D eigenvalue weighted by molar-refractivity contribution is 7.80. The summed E-state index contributed by atoms with van der Waals surface area (Å²) in [5.41, 5.74) is 0.116. The number of rotatable bonds is 6. The molecule has 0 aromatic heterocycles. The Balaban J connectivity index is 3.12. The summed E-state index contributed by atoms with van der Waals surface area (Å²) in [5, 5.41) is 0. The molecule has 0 aliphatic carbocycles. The van der Waals surface area contributed by atoms with E-state index in [2.05, 4.69) is 40.3 Å². The molecule has 1 amide bonds. The van der Waals surface area contributed by atoms with Crippen molar-refractivity contribution in [1.29, 1.82) is 0 Å². The zero-order valence-corrected chi connectivity index (χ0v) is 13.6. The monoisotopic (exact) mass is 297 g/mol. The quantitative estimate of drug-likeness (QED) is 0.772. The van der Waals surface area contributed by atoms with Gasteiger partial charge in [-0.2, -0.15) is 0 Å². The van der Waals surface area contributed by atoms with Crippen molar-refractivity contribution in [2.24, 2.45) is 5.92 Å². The van der Waals surface area contributed by atoms with Gasteiger partial charge in [-0.1, -0.05) is 27.7 Å². The smallest absolute Gasteiger partial charge is 0.257 e. The summed E-state index contributed by atoms with van der Waals surface area (Å²) in [6.07, 6.45) is 1.74. The summed E-state index contributed by atoms with van der Waals surface area (Å²) in [5.74, 6) is -0.366. The third kappa shape index (κ3) is 4.23. The molecule has 0 spiro atoms. The van der Waals surface area contributed by atoms with Crippen LogP contribution in [0.3, 0.4) is 0 Å². The fourth-order valence-corrected chi connectivity index (χ4v) is 2.56. The average molecular weight is 297 g/mol. The maximum atomic E-state index is 13.9. The van der Waals surface area contributed by atoms with Gasteiger partial charge < -0.3 is 4.90 Å². The number of benzene rings is 1. The molecule has 0 heterocycles. The van der Waals surface area contributed by atoms with E-state index >= 15 is 0 Å². The topological polar surface area (TPSA) is 20.3 Å². The lowest BCUT2D eigenvalue weighted by Crippen LogP contribution is -2.42. The van der Waals surface area contributed by atoms with Crippen LogP contribution in [0.25, 0.3) is 0 Å². The molecule has 0 saturated heterocycles. The minimum Gasteiger partial charge on any atom is -0.335 e. The molecule has 0 saturated carbocycles. The van der Waals surface area contributed by atoms with Crippen LogP contribution in [0.2, 0.25) is 0 Å². The van der Waals surface area contributed by atoms with Crippen LogP contribution in [0.15, 0.2) is 23.1 Å². The van der Waals surface area contributed by atoms with Crippen LogP contribution in [0.5, 0.6) is 0 Å². The number of hydrogen-bond acceptors (Lipinski definition) is 2. The molecule has 0 bridgehead atoms. The van der Waals surface area contributed by atoms with Crippen LogP contribution >= 0.6 is 12.6 Å². The Morgan fingerprint density at radius 1 is 1.30 bits per heavy atom. The minimum absolute atomic E-state index is 0.116. The highest BCUT2D eigenvalue weighted by Crippen LogP contribution is 2.20. The standard InChI is InChI=1S/C16H24FNOS/c1-5-12(6-2)18(10-11(3)4)16(19)14-9-13(20)7-8-15(14)17/h7-9,11-12,20H,5-6,10H2,1-4H3. The first kappa shape index (κ1) is 17.0. The van der Waals surface area contributed by atoms with Crippen LogP contribution in [0.1, 0.15) is 50.9 Å². The van der Waals surface area contributed by atoms with E-state index in [0.29, 0.717) is 17.4 Å². The largest absolute Gasteiger partial charge is 0.335 e. The van der Waals surface area contributed by atoms with Gasteiger partial charge in [-0.15, -0.1) is 12.6 Å². The molecule has 1 aromatic carbocycles. The van der Waals surface area contributed by atoms with Crippen LogP contribution in [-0.4, -0.2) is 23.4 Å². The number of carbonyl (C=O) groups excluding carboxylic acids is 1. The molecule has 0 N–H and O–H groups in total. The van der Waals surface area contributed by atoms with Crippen molar-refractivity contribution < 1.29 is 9.18 Å². The molecule has 0 atom stereocenters. The molecule has 4 heteroatoms. The van der Waals surface area contributed by atoms with Gasteiger partial charge in [0.25, 0.3) is 5.91 Å². The summed E-state index contributed by atoms with van der Waals surface area (Å²) >= 11 is 4.19. The Labute approximate surface area is 126 Å². The van der Waals surface area contributed by atoms with Crippen molar-refractivity contribution in [3.63, 3.8) is 0 Å². The van der Waals surface area contributed by atoms with Gasteiger partial charge in [0.2, 0.25) is 0 Å². The molecule has 0 aliphatic rings. The second-order valence-corrected chi connectivity index (χ2v) is 6.00. The molecule has 1 rings (SSSR count). The molecule has 20 heavy (non-hydrogen) atoms.